The molecule has 0 unspecified atom stereocenters. The van der Waals surface area contributed by atoms with Crippen LogP contribution in [0.2, 0.25) is 0 Å². The van der Waals surface area contributed by atoms with E-state index in [1.165, 1.54) is 0 Å². The van der Waals surface area contributed by atoms with Crippen LogP contribution in [0.3, 0.4) is 0 Å². The lowest BCUT2D eigenvalue weighted by Crippen LogP contribution is -2.30. The summed E-state index contributed by atoms with van der Waals surface area (Å²) in [6.07, 6.45) is 5.81. The summed E-state index contributed by atoms with van der Waals surface area (Å²) in [5.41, 5.74) is 5.31. The highest BCUT2D eigenvalue weighted by Crippen LogP contribution is 1.97. The molecule has 0 rings (SSSR count). The lowest BCUT2D eigenvalue weighted by atomic mass is 10.2. The van der Waals surface area contributed by atoms with Gasteiger partial charge in [0.15, 0.2) is 0 Å². The second-order valence-electron chi connectivity index (χ2n) is 2.78. The number of rotatable bonds is 5. The number of carboxylic acid groups (broad SMARTS) is 1. The zero-order chi connectivity index (χ0) is 8.85. The summed E-state index contributed by atoms with van der Waals surface area (Å²) >= 11 is 0. The molecule has 0 aromatic rings. The number of hydrogen-bond donors (Lipinski definition) is 2. The maximum absolute atomic E-state index is 10.3. The van der Waals surface area contributed by atoms with Crippen molar-refractivity contribution in [2.24, 2.45) is 5.73 Å². The summed E-state index contributed by atoms with van der Waals surface area (Å²) < 4.78 is 0. The van der Waals surface area contributed by atoms with E-state index < -0.39 is 12.0 Å². The van der Waals surface area contributed by atoms with Crippen LogP contribution in [0.5, 0.6) is 0 Å². The average Bonchev–Trinajstić information content (AvgIpc) is 1.86. The van der Waals surface area contributed by atoms with E-state index in [0.717, 1.165) is 12.2 Å². The molecule has 0 saturated heterocycles. The summed E-state index contributed by atoms with van der Waals surface area (Å²) in [6.45, 7) is 0. The second kappa shape index (κ2) is 5.43. The van der Waals surface area contributed by atoms with Crippen molar-refractivity contribution in [3.05, 3.63) is 0 Å². The van der Waals surface area contributed by atoms with E-state index >= 15 is 0 Å². The second-order valence-corrected chi connectivity index (χ2v) is 5.16. The van der Waals surface area contributed by atoms with Crippen molar-refractivity contribution in [3.63, 3.8) is 0 Å². The van der Waals surface area contributed by atoms with E-state index in [1.54, 1.807) is 0 Å². The molecule has 0 aliphatic carbocycles. The highest BCUT2D eigenvalue weighted by molar-refractivity contribution is 7.95. The maximum atomic E-state index is 10.3. The first kappa shape index (κ1) is 10.8. The SMILES string of the molecule is C[S+](C)CCC[C@H](N)C(=O)O. The summed E-state index contributed by atoms with van der Waals surface area (Å²) in [7, 11) is 0.406. The number of carbonyl (C=O) groups is 1. The molecule has 3 N–H and O–H groups in total. The lowest BCUT2D eigenvalue weighted by molar-refractivity contribution is -0.138. The predicted molar refractivity (Wildman–Crippen MR) is 48.9 cm³/mol. The zero-order valence-corrected chi connectivity index (χ0v) is 7.86. The molecule has 0 bridgehead atoms. The summed E-state index contributed by atoms with van der Waals surface area (Å²) in [5, 5.41) is 8.42. The van der Waals surface area contributed by atoms with Crippen LogP contribution in [0, 0.1) is 0 Å². The van der Waals surface area contributed by atoms with Crippen molar-refractivity contribution in [2.75, 3.05) is 18.3 Å². The van der Waals surface area contributed by atoms with Gasteiger partial charge in [-0.1, -0.05) is 0 Å². The van der Waals surface area contributed by atoms with Crippen molar-refractivity contribution in [3.8, 4) is 0 Å². The van der Waals surface area contributed by atoms with Crippen molar-refractivity contribution >= 4 is 16.9 Å². The molecule has 1 atom stereocenters. The van der Waals surface area contributed by atoms with E-state index in [-0.39, 0.29) is 0 Å². The van der Waals surface area contributed by atoms with Crippen LogP contribution in [0.25, 0.3) is 0 Å². The van der Waals surface area contributed by atoms with Crippen LogP contribution in [-0.2, 0) is 15.7 Å². The van der Waals surface area contributed by atoms with Gasteiger partial charge >= 0.3 is 5.97 Å². The molecule has 0 radical (unpaired) electrons. The Morgan fingerprint density at radius 3 is 2.55 bits per heavy atom. The largest absolute Gasteiger partial charge is 0.480 e. The van der Waals surface area contributed by atoms with Crippen molar-refractivity contribution in [1.82, 2.24) is 0 Å². The van der Waals surface area contributed by atoms with Crippen LogP contribution in [0.1, 0.15) is 12.8 Å². The minimum Gasteiger partial charge on any atom is -0.480 e. The van der Waals surface area contributed by atoms with E-state index in [1.807, 2.05) is 0 Å². The third-order valence-electron chi connectivity index (χ3n) is 1.38. The Morgan fingerprint density at radius 1 is 1.64 bits per heavy atom. The Bertz CT molecular complexity index is 128. The van der Waals surface area contributed by atoms with E-state index in [4.69, 9.17) is 10.8 Å². The van der Waals surface area contributed by atoms with Gasteiger partial charge in [0.2, 0.25) is 0 Å². The Kier molecular flexibility index (Phi) is 5.32. The predicted octanol–water partition coefficient (Wildman–Crippen LogP) is 0.0564. The fourth-order valence-corrected chi connectivity index (χ4v) is 1.46. The molecule has 66 valence electrons. The van der Waals surface area contributed by atoms with E-state index in [9.17, 15) is 4.79 Å². The number of aliphatic carboxylic acids is 1. The zero-order valence-electron chi connectivity index (χ0n) is 7.04. The molecular formula is C7H16NO2S+. The smallest absolute Gasteiger partial charge is 0.320 e. The molecule has 4 heteroatoms. The molecule has 0 heterocycles. The van der Waals surface area contributed by atoms with Gasteiger partial charge in [0.1, 0.15) is 11.8 Å². The minimum absolute atomic E-state index is 0.406. The quantitative estimate of drug-likeness (QED) is 0.585. The van der Waals surface area contributed by atoms with Gasteiger partial charge in [-0.25, -0.2) is 0 Å². The number of hydrogen-bond acceptors (Lipinski definition) is 2. The molecule has 11 heavy (non-hydrogen) atoms. The minimum atomic E-state index is -0.892. The molecule has 0 amide bonds. The Balaban J connectivity index is 3.31. The van der Waals surface area contributed by atoms with Crippen LogP contribution in [0.15, 0.2) is 0 Å². The molecule has 0 fully saturated rings. The third-order valence-corrected chi connectivity index (χ3v) is 2.49. The molecule has 0 aliphatic rings. The number of nitrogens with two attached hydrogens (primary N) is 1. The Labute approximate surface area is 70.3 Å². The first-order chi connectivity index (χ1) is 5.04. The van der Waals surface area contributed by atoms with Gasteiger partial charge in [-0.2, -0.15) is 0 Å². The van der Waals surface area contributed by atoms with Crippen LogP contribution < -0.4 is 5.73 Å². The van der Waals surface area contributed by atoms with Gasteiger partial charge in [-0.05, 0) is 23.7 Å². The topological polar surface area (TPSA) is 63.3 Å². The van der Waals surface area contributed by atoms with Crippen molar-refractivity contribution < 1.29 is 9.90 Å². The van der Waals surface area contributed by atoms with Crippen LogP contribution in [0.4, 0.5) is 0 Å². The van der Waals surface area contributed by atoms with Crippen molar-refractivity contribution in [1.29, 1.82) is 0 Å². The van der Waals surface area contributed by atoms with Gasteiger partial charge in [0.05, 0.1) is 12.5 Å². The van der Waals surface area contributed by atoms with Crippen LogP contribution in [-0.4, -0.2) is 35.4 Å². The number of carboxylic acids is 1. The van der Waals surface area contributed by atoms with Gasteiger partial charge < -0.3 is 10.8 Å². The Morgan fingerprint density at radius 2 is 2.18 bits per heavy atom. The third kappa shape index (κ3) is 6.19. The van der Waals surface area contributed by atoms with E-state index in [2.05, 4.69) is 12.5 Å². The van der Waals surface area contributed by atoms with E-state index in [0.29, 0.717) is 17.3 Å². The summed E-state index contributed by atoms with van der Waals surface area (Å²) in [4.78, 5) is 10.3. The standard InChI is InChI=1S/C7H15NO2S/c1-11(2)5-3-4-6(8)7(9)10/h6H,3-5,8H2,1-2H3/p+1/t6-/m0/s1. The van der Waals surface area contributed by atoms with Gasteiger partial charge in [-0.3, -0.25) is 4.79 Å². The fourth-order valence-electron chi connectivity index (χ4n) is 0.715. The summed E-state index contributed by atoms with van der Waals surface area (Å²) in [6, 6.07) is -0.668. The lowest BCUT2D eigenvalue weighted by Gasteiger charge is -2.03. The molecule has 0 spiro atoms. The van der Waals surface area contributed by atoms with Gasteiger partial charge in [0, 0.05) is 0 Å². The summed E-state index contributed by atoms with van der Waals surface area (Å²) in [5.74, 6) is 0.193. The highest BCUT2D eigenvalue weighted by atomic mass is 32.2. The molecule has 3 nitrogen and oxygen atoms in total. The molecule has 0 aromatic carbocycles. The highest BCUT2D eigenvalue weighted by Gasteiger charge is 2.12. The monoisotopic (exact) mass is 178 g/mol. The first-order valence-corrected chi connectivity index (χ1v) is 5.77. The van der Waals surface area contributed by atoms with Crippen molar-refractivity contribution in [2.45, 2.75) is 18.9 Å². The Hall–Kier alpha value is -0.220. The average molecular weight is 178 g/mol. The normalized spacial score (nSPS) is 13.5. The molecular weight excluding hydrogens is 162 g/mol. The molecule has 0 aromatic heterocycles. The molecule has 0 aliphatic heterocycles. The van der Waals surface area contributed by atoms with Crippen LogP contribution >= 0.6 is 0 Å². The fraction of sp³-hybridized carbons (Fsp3) is 0.857. The van der Waals surface area contributed by atoms with Gasteiger partial charge in [-0.15, -0.1) is 0 Å². The first-order valence-electron chi connectivity index (χ1n) is 3.56. The van der Waals surface area contributed by atoms with Gasteiger partial charge in [0.25, 0.3) is 0 Å². The maximum Gasteiger partial charge on any atom is 0.320 e. The molecule has 0 saturated carbocycles.